The summed E-state index contributed by atoms with van der Waals surface area (Å²) in [6.07, 6.45) is 0.0987. The van der Waals surface area contributed by atoms with E-state index in [-0.39, 0.29) is 18.4 Å². The summed E-state index contributed by atoms with van der Waals surface area (Å²) >= 11 is 0. The zero-order valence-corrected chi connectivity index (χ0v) is 7.93. The molecule has 0 saturated carbocycles. The van der Waals surface area contributed by atoms with Crippen LogP contribution >= 0.6 is 0 Å². The van der Waals surface area contributed by atoms with Crippen LogP contribution in [0.1, 0.15) is 24.8 Å². The van der Waals surface area contributed by atoms with Gasteiger partial charge in [-0.1, -0.05) is 18.2 Å². The largest absolute Gasteiger partial charge is 0.490 e. The van der Waals surface area contributed by atoms with Crippen LogP contribution in [0.25, 0.3) is 0 Å². The van der Waals surface area contributed by atoms with Crippen LogP contribution in [0.15, 0.2) is 24.3 Å². The molecule has 1 N–H and O–H groups in total. The van der Waals surface area contributed by atoms with Crippen molar-refractivity contribution in [2.24, 2.45) is 0 Å². The molecule has 2 atom stereocenters. The van der Waals surface area contributed by atoms with Crippen LogP contribution in [0, 0.1) is 0 Å². The normalized spacial score (nSPS) is 24.1. The van der Waals surface area contributed by atoms with Crippen molar-refractivity contribution in [3.05, 3.63) is 29.8 Å². The van der Waals surface area contributed by atoms with Crippen LogP contribution in [0.5, 0.6) is 5.75 Å². The lowest BCUT2D eigenvalue weighted by atomic mass is 9.93. The lowest BCUT2D eigenvalue weighted by Crippen LogP contribution is -2.17. The van der Waals surface area contributed by atoms with Crippen molar-refractivity contribution >= 4 is 5.97 Å². The van der Waals surface area contributed by atoms with E-state index in [1.165, 1.54) is 0 Å². The molecule has 1 aliphatic heterocycles. The van der Waals surface area contributed by atoms with E-state index in [1.807, 2.05) is 31.2 Å². The van der Waals surface area contributed by atoms with Gasteiger partial charge in [0.1, 0.15) is 11.9 Å². The number of para-hydroxylation sites is 1. The second kappa shape index (κ2) is 3.33. The molecule has 0 fully saturated rings. The lowest BCUT2D eigenvalue weighted by Gasteiger charge is -2.11. The van der Waals surface area contributed by atoms with Gasteiger partial charge in [0.25, 0.3) is 0 Å². The Bertz CT molecular complexity index is 359. The first-order chi connectivity index (χ1) is 6.68. The van der Waals surface area contributed by atoms with Crippen molar-refractivity contribution < 1.29 is 14.6 Å². The third kappa shape index (κ3) is 1.45. The molecule has 74 valence electrons. The molecule has 0 aliphatic carbocycles. The molecule has 0 aromatic heterocycles. The number of carboxylic acid groups (broad SMARTS) is 1. The molecule has 2 unspecified atom stereocenters. The molecular formula is C11H12O3. The minimum absolute atomic E-state index is 0.0105. The van der Waals surface area contributed by atoms with E-state index in [1.54, 1.807) is 0 Å². The number of carboxylic acids is 1. The maximum Gasteiger partial charge on any atom is 0.304 e. The predicted octanol–water partition coefficient (Wildman–Crippen LogP) is 2.03. The fraction of sp³-hybridized carbons (Fsp3) is 0.364. The summed E-state index contributed by atoms with van der Waals surface area (Å²) in [5.74, 6) is 0.0390. The minimum Gasteiger partial charge on any atom is -0.490 e. The highest BCUT2D eigenvalue weighted by atomic mass is 16.5. The van der Waals surface area contributed by atoms with Crippen LogP contribution in [0.2, 0.25) is 0 Å². The van der Waals surface area contributed by atoms with E-state index in [2.05, 4.69) is 0 Å². The van der Waals surface area contributed by atoms with Crippen molar-refractivity contribution in [3.8, 4) is 5.75 Å². The van der Waals surface area contributed by atoms with Crippen LogP contribution in [-0.2, 0) is 4.79 Å². The SMILES string of the molecule is CC1Oc2ccccc2C1CC(=O)O. The molecule has 1 aliphatic rings. The summed E-state index contributed by atoms with van der Waals surface area (Å²) in [7, 11) is 0. The van der Waals surface area contributed by atoms with Crippen molar-refractivity contribution in [2.45, 2.75) is 25.4 Å². The summed E-state index contributed by atoms with van der Waals surface area (Å²) in [6.45, 7) is 1.91. The van der Waals surface area contributed by atoms with Crippen LogP contribution < -0.4 is 4.74 Å². The smallest absolute Gasteiger partial charge is 0.304 e. The molecule has 1 aromatic rings. The van der Waals surface area contributed by atoms with Gasteiger partial charge < -0.3 is 9.84 Å². The lowest BCUT2D eigenvalue weighted by molar-refractivity contribution is -0.137. The van der Waals surface area contributed by atoms with Gasteiger partial charge in [0.15, 0.2) is 0 Å². The first-order valence-electron chi connectivity index (χ1n) is 4.66. The summed E-state index contributed by atoms with van der Waals surface area (Å²) in [6, 6.07) is 7.63. The second-order valence-corrected chi connectivity index (χ2v) is 3.57. The van der Waals surface area contributed by atoms with E-state index in [0.29, 0.717) is 0 Å². The molecule has 0 saturated heterocycles. The number of rotatable bonds is 2. The maximum absolute atomic E-state index is 10.7. The number of aliphatic carboxylic acids is 1. The second-order valence-electron chi connectivity index (χ2n) is 3.57. The molecule has 0 radical (unpaired) electrons. The third-order valence-electron chi connectivity index (χ3n) is 2.59. The highest BCUT2D eigenvalue weighted by Crippen LogP contribution is 2.39. The number of fused-ring (bicyclic) bond motifs is 1. The van der Waals surface area contributed by atoms with E-state index < -0.39 is 5.97 Å². The molecule has 0 bridgehead atoms. The Morgan fingerprint density at radius 2 is 2.21 bits per heavy atom. The number of benzene rings is 1. The Kier molecular flexibility index (Phi) is 2.15. The number of ether oxygens (including phenoxy) is 1. The fourth-order valence-corrected chi connectivity index (χ4v) is 1.89. The highest BCUT2D eigenvalue weighted by molar-refractivity contribution is 5.68. The molecule has 14 heavy (non-hydrogen) atoms. The molecule has 3 heteroatoms. The van der Waals surface area contributed by atoms with E-state index >= 15 is 0 Å². The maximum atomic E-state index is 10.7. The summed E-state index contributed by atoms with van der Waals surface area (Å²) in [5.41, 5.74) is 1.02. The molecule has 3 nitrogen and oxygen atoms in total. The number of hydrogen-bond acceptors (Lipinski definition) is 2. The van der Waals surface area contributed by atoms with Crippen LogP contribution in [-0.4, -0.2) is 17.2 Å². The predicted molar refractivity (Wildman–Crippen MR) is 51.5 cm³/mol. The quantitative estimate of drug-likeness (QED) is 0.779. The molecule has 1 heterocycles. The molecule has 1 aromatic carbocycles. The average Bonchev–Trinajstić information content (AvgIpc) is 2.43. The van der Waals surface area contributed by atoms with Gasteiger partial charge in [-0.15, -0.1) is 0 Å². The van der Waals surface area contributed by atoms with Gasteiger partial charge in [-0.2, -0.15) is 0 Å². The molecule has 0 amide bonds. The standard InChI is InChI=1S/C11H12O3/c1-7-9(6-11(12)13)8-4-2-3-5-10(8)14-7/h2-5,7,9H,6H2,1H3,(H,12,13). The Balaban J connectivity index is 2.30. The summed E-state index contributed by atoms with van der Waals surface area (Å²) in [4.78, 5) is 10.7. The first-order valence-corrected chi connectivity index (χ1v) is 4.66. The van der Waals surface area contributed by atoms with Gasteiger partial charge in [-0.05, 0) is 13.0 Å². The molecular weight excluding hydrogens is 180 g/mol. The van der Waals surface area contributed by atoms with Gasteiger partial charge in [0, 0.05) is 11.5 Å². The number of carbonyl (C=O) groups is 1. The van der Waals surface area contributed by atoms with Crippen molar-refractivity contribution in [1.29, 1.82) is 0 Å². The Morgan fingerprint density at radius 1 is 1.50 bits per heavy atom. The first kappa shape index (κ1) is 9.06. The van der Waals surface area contributed by atoms with Gasteiger partial charge in [0.05, 0.1) is 6.42 Å². The highest BCUT2D eigenvalue weighted by Gasteiger charge is 2.32. The van der Waals surface area contributed by atoms with Gasteiger partial charge in [0.2, 0.25) is 0 Å². The van der Waals surface area contributed by atoms with Gasteiger partial charge in [-0.25, -0.2) is 0 Å². The Labute approximate surface area is 82.3 Å². The number of hydrogen-bond donors (Lipinski definition) is 1. The van der Waals surface area contributed by atoms with Gasteiger partial charge >= 0.3 is 5.97 Å². The minimum atomic E-state index is -0.776. The van der Waals surface area contributed by atoms with Gasteiger partial charge in [-0.3, -0.25) is 4.79 Å². The third-order valence-corrected chi connectivity index (χ3v) is 2.59. The summed E-state index contributed by atoms with van der Waals surface area (Å²) in [5, 5.41) is 8.76. The van der Waals surface area contributed by atoms with E-state index in [0.717, 1.165) is 11.3 Å². The van der Waals surface area contributed by atoms with Crippen LogP contribution in [0.4, 0.5) is 0 Å². The Morgan fingerprint density at radius 3 is 2.93 bits per heavy atom. The molecule has 0 spiro atoms. The zero-order chi connectivity index (χ0) is 10.1. The zero-order valence-electron chi connectivity index (χ0n) is 7.93. The van der Waals surface area contributed by atoms with Crippen molar-refractivity contribution in [3.63, 3.8) is 0 Å². The van der Waals surface area contributed by atoms with Crippen molar-refractivity contribution in [1.82, 2.24) is 0 Å². The average molecular weight is 192 g/mol. The van der Waals surface area contributed by atoms with Crippen molar-refractivity contribution in [2.75, 3.05) is 0 Å². The van der Waals surface area contributed by atoms with E-state index in [9.17, 15) is 4.79 Å². The van der Waals surface area contributed by atoms with Crippen LogP contribution in [0.3, 0.4) is 0 Å². The molecule has 2 rings (SSSR count). The Hall–Kier alpha value is -1.51. The summed E-state index contributed by atoms with van der Waals surface area (Å²) < 4.78 is 5.56. The van der Waals surface area contributed by atoms with E-state index in [4.69, 9.17) is 9.84 Å². The monoisotopic (exact) mass is 192 g/mol. The topological polar surface area (TPSA) is 46.5 Å². The fourth-order valence-electron chi connectivity index (χ4n) is 1.89.